The van der Waals surface area contributed by atoms with E-state index in [1.165, 1.54) is 19.1 Å². The maximum Gasteiger partial charge on any atom is 0.196 e. The van der Waals surface area contributed by atoms with Gasteiger partial charge >= 0.3 is 0 Å². The maximum absolute atomic E-state index is 15.6. The highest BCUT2D eigenvalue weighted by atomic mass is 35.5. The van der Waals surface area contributed by atoms with Crippen LogP contribution in [0, 0.1) is 28.6 Å². The Balaban J connectivity index is 1.96. The van der Waals surface area contributed by atoms with Gasteiger partial charge in [-0.3, -0.25) is 9.59 Å². The predicted octanol–water partition coefficient (Wildman–Crippen LogP) is 4.27. The second kappa shape index (κ2) is 6.32. The maximum atomic E-state index is 15.6. The average Bonchev–Trinajstić information content (AvgIpc) is 2.82. The first-order chi connectivity index (χ1) is 13.6. The number of allylic oxidation sites excluding steroid dienone is 4. The number of hydrogen-bond acceptors (Lipinski definition) is 4. The van der Waals surface area contributed by atoms with Gasteiger partial charge in [0, 0.05) is 17.3 Å². The van der Waals surface area contributed by atoms with E-state index in [-0.39, 0.29) is 29.4 Å². The summed E-state index contributed by atoms with van der Waals surface area (Å²) in [4.78, 5) is 23.1. The minimum absolute atomic E-state index is 0.0402. The minimum atomic E-state index is -2.10. The summed E-state index contributed by atoms with van der Waals surface area (Å²) >= 11 is 20.2. The second-order valence-corrected chi connectivity index (χ2v) is 11.7. The van der Waals surface area contributed by atoms with E-state index < -0.39 is 55.9 Å². The van der Waals surface area contributed by atoms with E-state index in [0.717, 1.165) is 0 Å². The van der Waals surface area contributed by atoms with Crippen molar-refractivity contribution in [3.05, 3.63) is 22.8 Å². The number of halogens is 4. The number of fused-ring (bicyclic) bond motifs is 5. The van der Waals surface area contributed by atoms with Gasteiger partial charge in [0.1, 0.15) is 16.6 Å². The zero-order valence-corrected chi connectivity index (χ0v) is 19.6. The van der Waals surface area contributed by atoms with Crippen molar-refractivity contribution in [1.82, 2.24) is 0 Å². The van der Waals surface area contributed by atoms with E-state index in [2.05, 4.69) is 0 Å². The van der Waals surface area contributed by atoms with E-state index in [0.29, 0.717) is 6.42 Å². The molecule has 8 heteroatoms. The Hall–Kier alpha value is -0.460. The van der Waals surface area contributed by atoms with E-state index in [9.17, 15) is 19.8 Å². The molecule has 0 amide bonds. The first-order valence-electron chi connectivity index (χ1n) is 10.2. The van der Waals surface area contributed by atoms with Crippen LogP contribution in [0.5, 0.6) is 0 Å². The van der Waals surface area contributed by atoms with Crippen LogP contribution in [0.3, 0.4) is 0 Å². The van der Waals surface area contributed by atoms with Crippen LogP contribution >= 0.6 is 34.8 Å². The van der Waals surface area contributed by atoms with Gasteiger partial charge in [0.2, 0.25) is 0 Å². The van der Waals surface area contributed by atoms with Crippen LogP contribution in [-0.2, 0) is 9.59 Å². The van der Waals surface area contributed by atoms with Gasteiger partial charge in [-0.15, -0.1) is 11.6 Å². The van der Waals surface area contributed by atoms with Gasteiger partial charge in [-0.05, 0) is 49.2 Å². The van der Waals surface area contributed by atoms with E-state index in [1.807, 2.05) is 0 Å². The first-order valence-corrected chi connectivity index (χ1v) is 11.3. The zero-order chi connectivity index (χ0) is 22.7. The Bertz CT molecular complexity index is 916. The lowest BCUT2D eigenvalue weighted by molar-refractivity contribution is -0.184. The number of carbonyl (C=O) groups is 2. The molecule has 0 spiro atoms. The van der Waals surface area contributed by atoms with E-state index in [4.69, 9.17) is 34.8 Å². The van der Waals surface area contributed by atoms with E-state index in [1.54, 1.807) is 20.8 Å². The molecule has 4 aliphatic carbocycles. The molecule has 0 aromatic carbocycles. The normalized spacial score (nSPS) is 55.2. The molecule has 0 bridgehead atoms. The summed E-state index contributed by atoms with van der Waals surface area (Å²) in [6.45, 7) is 6.49. The molecular formula is C22H26Cl3FO4. The fourth-order valence-corrected chi connectivity index (χ4v) is 8.92. The lowest BCUT2D eigenvalue weighted by Gasteiger charge is -2.66. The summed E-state index contributed by atoms with van der Waals surface area (Å²) in [6.07, 6.45) is 1.34. The third-order valence-electron chi connectivity index (χ3n) is 8.81. The monoisotopic (exact) mass is 478 g/mol. The zero-order valence-electron chi connectivity index (χ0n) is 17.3. The number of carbonyl (C=O) groups excluding carboxylic acids is 2. The third kappa shape index (κ3) is 2.27. The summed E-state index contributed by atoms with van der Waals surface area (Å²) < 4.78 is 15.6. The summed E-state index contributed by atoms with van der Waals surface area (Å²) in [6, 6.07) is 0. The van der Waals surface area contributed by atoms with Gasteiger partial charge in [-0.1, -0.05) is 50.0 Å². The van der Waals surface area contributed by atoms with Gasteiger partial charge in [0.25, 0.3) is 0 Å². The van der Waals surface area contributed by atoms with Crippen molar-refractivity contribution in [2.45, 2.75) is 68.7 Å². The average molecular weight is 480 g/mol. The fraction of sp³-hybridized carbons (Fsp3) is 0.727. The predicted molar refractivity (Wildman–Crippen MR) is 113 cm³/mol. The van der Waals surface area contributed by atoms with Crippen LogP contribution in [0.15, 0.2) is 22.8 Å². The van der Waals surface area contributed by atoms with Crippen LogP contribution in [0.25, 0.3) is 0 Å². The Morgan fingerprint density at radius 3 is 2.37 bits per heavy atom. The molecule has 0 aromatic rings. The SMILES string of the molecule is CC(=O)[C@@]1(O)[C@H](C)C[C@H]2[C@@H]3C[C@H](F)C4=C(Cl)C(=O)C=C[C@]4(C)[C@@]3(Cl)[C@@](O)(Cl)C[C@@]21C. The molecule has 0 radical (unpaired) electrons. The van der Waals surface area contributed by atoms with Crippen molar-refractivity contribution in [3.8, 4) is 0 Å². The number of rotatable bonds is 1. The van der Waals surface area contributed by atoms with Crippen LogP contribution < -0.4 is 0 Å². The smallest absolute Gasteiger partial charge is 0.196 e. The number of alkyl halides is 3. The molecule has 4 rings (SSSR count). The topological polar surface area (TPSA) is 74.6 Å². The van der Waals surface area contributed by atoms with Gasteiger partial charge in [-0.25, -0.2) is 4.39 Å². The lowest BCUT2D eigenvalue weighted by Crippen LogP contribution is -2.73. The summed E-state index contributed by atoms with van der Waals surface area (Å²) in [5.41, 5.74) is -4.08. The number of Topliss-reactive ketones (excluding diaryl/α,β-unsaturated/α-hetero) is 1. The second-order valence-electron chi connectivity index (χ2n) is 10.1. The molecule has 2 N–H and O–H groups in total. The first kappa shape index (κ1) is 22.7. The molecule has 0 aliphatic heterocycles. The molecule has 0 aromatic heterocycles. The molecule has 4 aliphatic rings. The number of hydrogen-bond donors (Lipinski definition) is 2. The van der Waals surface area contributed by atoms with Crippen LogP contribution in [0.4, 0.5) is 4.39 Å². The van der Waals surface area contributed by atoms with E-state index >= 15 is 4.39 Å². The summed E-state index contributed by atoms with van der Waals surface area (Å²) in [7, 11) is 0. The van der Waals surface area contributed by atoms with Gasteiger partial charge in [-0.2, -0.15) is 0 Å². The van der Waals surface area contributed by atoms with Crippen LogP contribution in [-0.4, -0.2) is 43.5 Å². The van der Waals surface area contributed by atoms with Crippen molar-refractivity contribution in [2.24, 2.45) is 28.6 Å². The highest BCUT2D eigenvalue weighted by Gasteiger charge is 2.79. The Morgan fingerprint density at radius 1 is 1.20 bits per heavy atom. The van der Waals surface area contributed by atoms with Gasteiger partial charge < -0.3 is 10.2 Å². The molecule has 0 saturated heterocycles. The standard InChI is InChI=1S/C22H26Cl3FO4/c1-10-7-12-13-8-14(26)16-17(23)15(28)5-6-18(16,3)22(13,25)20(24,29)9-19(12,4)21(10,30)11(2)27/h5-6,10,12-14,29-30H,7-9H2,1-4H3/t10-,12+,13+,14+,18+,19+,20-,21+,22-/m1/s1. The molecule has 3 fully saturated rings. The van der Waals surface area contributed by atoms with Crippen molar-refractivity contribution in [2.75, 3.05) is 0 Å². The largest absolute Gasteiger partial charge is 0.381 e. The molecular weight excluding hydrogens is 454 g/mol. The third-order valence-corrected chi connectivity index (χ3v) is 10.7. The fourth-order valence-electron chi connectivity index (χ4n) is 7.45. The molecule has 166 valence electrons. The van der Waals surface area contributed by atoms with Crippen molar-refractivity contribution in [3.63, 3.8) is 0 Å². The van der Waals surface area contributed by atoms with Crippen LogP contribution in [0.1, 0.15) is 47.0 Å². The lowest BCUT2D eigenvalue weighted by atomic mass is 9.45. The highest BCUT2D eigenvalue weighted by Crippen LogP contribution is 2.75. The molecule has 3 saturated carbocycles. The molecule has 9 atom stereocenters. The highest BCUT2D eigenvalue weighted by molar-refractivity contribution is 6.45. The quantitative estimate of drug-likeness (QED) is 0.551. The van der Waals surface area contributed by atoms with Crippen molar-refractivity contribution < 1.29 is 24.2 Å². The molecule has 4 nitrogen and oxygen atoms in total. The Kier molecular flexibility index (Phi) is 4.78. The summed E-state index contributed by atoms with van der Waals surface area (Å²) in [5.74, 6) is -2.35. The number of aliphatic hydroxyl groups is 2. The van der Waals surface area contributed by atoms with Gasteiger partial charge in [0.15, 0.2) is 16.6 Å². The minimum Gasteiger partial charge on any atom is -0.381 e. The molecule has 0 heterocycles. The van der Waals surface area contributed by atoms with Crippen LogP contribution in [0.2, 0.25) is 0 Å². The molecule has 0 unspecified atom stereocenters. The Labute approximate surface area is 190 Å². The Morgan fingerprint density at radius 2 is 1.80 bits per heavy atom. The summed E-state index contributed by atoms with van der Waals surface area (Å²) in [5, 5.41) is 20.8. The molecule has 30 heavy (non-hydrogen) atoms. The van der Waals surface area contributed by atoms with Crippen molar-refractivity contribution in [1.29, 1.82) is 0 Å². The van der Waals surface area contributed by atoms with Gasteiger partial charge in [0.05, 0.1) is 5.03 Å². The number of ketones is 2. The van der Waals surface area contributed by atoms with Crippen molar-refractivity contribution >= 4 is 46.4 Å².